The van der Waals surface area contributed by atoms with Crippen LogP contribution in [-0.4, -0.2) is 34.2 Å². The number of aryl methyl sites for hydroxylation is 1. The van der Waals surface area contributed by atoms with E-state index in [2.05, 4.69) is 15.6 Å². The Morgan fingerprint density at radius 3 is 2.78 bits per heavy atom. The molecule has 27 heavy (non-hydrogen) atoms. The first kappa shape index (κ1) is 18.5. The third-order valence-corrected chi connectivity index (χ3v) is 3.69. The van der Waals surface area contributed by atoms with Crippen LogP contribution in [0.5, 0.6) is 11.8 Å². The molecule has 0 aliphatic rings. The minimum atomic E-state index is -0.763. The van der Waals surface area contributed by atoms with Gasteiger partial charge in [-0.3, -0.25) is 0 Å². The van der Waals surface area contributed by atoms with Crippen LogP contribution < -0.4 is 14.8 Å². The molecule has 0 spiro atoms. The van der Waals surface area contributed by atoms with Crippen LogP contribution in [0, 0.1) is 6.92 Å². The van der Waals surface area contributed by atoms with Crippen molar-refractivity contribution >= 4 is 6.09 Å². The second-order valence-corrected chi connectivity index (χ2v) is 5.82. The van der Waals surface area contributed by atoms with Crippen LogP contribution in [0.15, 0.2) is 45.4 Å². The van der Waals surface area contributed by atoms with Crippen molar-refractivity contribution in [2.75, 3.05) is 6.61 Å². The highest BCUT2D eigenvalue weighted by Gasteiger charge is 2.17. The van der Waals surface area contributed by atoms with Gasteiger partial charge in [-0.05, 0) is 19.0 Å². The first-order valence-corrected chi connectivity index (χ1v) is 8.26. The number of aliphatic hydroxyl groups is 1. The van der Waals surface area contributed by atoms with Crippen molar-refractivity contribution < 1.29 is 28.4 Å². The zero-order valence-corrected chi connectivity index (χ0v) is 14.8. The van der Waals surface area contributed by atoms with Gasteiger partial charge in [0.05, 0.1) is 24.3 Å². The van der Waals surface area contributed by atoms with Crippen molar-refractivity contribution in [1.82, 2.24) is 15.6 Å². The topological polar surface area (TPSA) is 120 Å². The number of rotatable bonds is 7. The zero-order chi connectivity index (χ0) is 19.2. The molecule has 3 rings (SSSR count). The van der Waals surface area contributed by atoms with Crippen LogP contribution in [0.1, 0.15) is 18.2 Å². The molecule has 9 heteroatoms. The van der Waals surface area contributed by atoms with E-state index in [4.69, 9.17) is 23.6 Å². The lowest BCUT2D eigenvalue weighted by Crippen LogP contribution is -2.36. The van der Waals surface area contributed by atoms with Gasteiger partial charge in [-0.1, -0.05) is 35.5 Å². The largest absolute Gasteiger partial charge is 0.470 e. The predicted molar refractivity (Wildman–Crippen MR) is 93.2 cm³/mol. The van der Waals surface area contributed by atoms with E-state index < -0.39 is 12.1 Å². The molecule has 0 saturated carbocycles. The number of nitrogens with one attached hydrogen (secondary N) is 1. The van der Waals surface area contributed by atoms with E-state index in [1.807, 2.05) is 30.3 Å². The fraction of sp³-hybridized carbons (Fsp3) is 0.278. The van der Waals surface area contributed by atoms with E-state index in [1.54, 1.807) is 13.8 Å². The molecule has 0 aliphatic heterocycles. The molecule has 0 radical (unpaired) electrons. The average Bonchev–Trinajstić information content (AvgIpc) is 3.26. The molecule has 0 bridgehead atoms. The van der Waals surface area contributed by atoms with E-state index in [9.17, 15) is 4.79 Å². The summed E-state index contributed by atoms with van der Waals surface area (Å²) in [5, 5.41) is 19.1. The smallest absolute Gasteiger partial charge is 0.415 e. The number of carbonyl (C=O) groups is 1. The van der Waals surface area contributed by atoms with Gasteiger partial charge in [-0.25, -0.2) is 4.79 Å². The number of amides is 1. The molecule has 0 fully saturated rings. The van der Waals surface area contributed by atoms with Gasteiger partial charge in [0.1, 0.15) is 18.1 Å². The number of nitrogens with zero attached hydrogens (tertiary/aromatic N) is 2. The number of aliphatic hydroxyl groups excluding tert-OH is 1. The van der Waals surface area contributed by atoms with Gasteiger partial charge < -0.3 is 28.9 Å². The van der Waals surface area contributed by atoms with Gasteiger partial charge in [0.15, 0.2) is 0 Å². The van der Waals surface area contributed by atoms with Gasteiger partial charge >= 0.3 is 12.0 Å². The van der Waals surface area contributed by atoms with Crippen molar-refractivity contribution in [2.45, 2.75) is 26.5 Å². The van der Waals surface area contributed by atoms with Crippen molar-refractivity contribution in [2.24, 2.45) is 0 Å². The Labute approximate surface area is 154 Å². The lowest BCUT2D eigenvalue weighted by Gasteiger charge is -2.08. The summed E-state index contributed by atoms with van der Waals surface area (Å²) in [4.78, 5) is 11.6. The second-order valence-electron chi connectivity index (χ2n) is 5.82. The fourth-order valence-corrected chi connectivity index (χ4v) is 2.26. The summed E-state index contributed by atoms with van der Waals surface area (Å²) in [5.74, 6) is 0.650. The third-order valence-electron chi connectivity index (χ3n) is 3.69. The Bertz CT molecular complexity index is 890. The molecule has 3 aromatic rings. The quantitative estimate of drug-likeness (QED) is 0.649. The number of carbonyl (C=O) groups excluding carboxylic acids is 1. The van der Waals surface area contributed by atoms with Crippen molar-refractivity contribution in [3.63, 3.8) is 0 Å². The first-order chi connectivity index (χ1) is 13.1. The minimum absolute atomic E-state index is 0.127. The van der Waals surface area contributed by atoms with Crippen LogP contribution in [0.25, 0.3) is 11.3 Å². The van der Waals surface area contributed by atoms with Gasteiger partial charge in [0, 0.05) is 5.56 Å². The molecule has 0 unspecified atom stereocenters. The Morgan fingerprint density at radius 1 is 1.26 bits per heavy atom. The number of aromatic nitrogens is 2. The zero-order valence-electron chi connectivity index (χ0n) is 14.8. The molecule has 9 nitrogen and oxygen atoms in total. The second kappa shape index (κ2) is 8.37. The molecular formula is C18H19N3O6. The maximum absolute atomic E-state index is 11.6. The van der Waals surface area contributed by atoms with Crippen molar-refractivity contribution in [3.05, 3.63) is 47.7 Å². The first-order valence-electron chi connectivity index (χ1n) is 8.26. The third kappa shape index (κ3) is 4.64. The lowest BCUT2D eigenvalue weighted by molar-refractivity contribution is 0.168. The predicted octanol–water partition coefficient (Wildman–Crippen LogP) is 2.69. The minimum Gasteiger partial charge on any atom is -0.470 e. The Balaban J connectivity index is 1.63. The van der Waals surface area contributed by atoms with Gasteiger partial charge in [-0.2, -0.15) is 0 Å². The fourth-order valence-electron chi connectivity index (χ4n) is 2.26. The van der Waals surface area contributed by atoms with E-state index >= 15 is 0 Å². The number of benzene rings is 1. The molecule has 2 N–H and O–H groups in total. The molecule has 1 aromatic carbocycles. The lowest BCUT2D eigenvalue weighted by atomic mass is 10.1. The number of hydrogen-bond donors (Lipinski definition) is 2. The van der Waals surface area contributed by atoms with E-state index in [0.29, 0.717) is 11.5 Å². The average molecular weight is 373 g/mol. The van der Waals surface area contributed by atoms with Gasteiger partial charge in [-0.15, -0.1) is 0 Å². The van der Waals surface area contributed by atoms with Crippen LogP contribution in [0.4, 0.5) is 4.79 Å². The summed E-state index contributed by atoms with van der Waals surface area (Å²) >= 11 is 0. The normalized spacial score (nSPS) is 11.8. The van der Waals surface area contributed by atoms with Crippen molar-refractivity contribution in [1.29, 1.82) is 0 Å². The SMILES string of the molecule is Cc1onc(-c2ccccc2)c1COc1cc(OC(=O)N[C@H](C)CO)on1. The number of ether oxygens (including phenoxy) is 2. The molecule has 2 heterocycles. The molecule has 1 amide bonds. The Hall–Kier alpha value is -3.33. The number of hydrogen-bond acceptors (Lipinski definition) is 8. The van der Waals surface area contributed by atoms with Gasteiger partial charge in [0.25, 0.3) is 5.88 Å². The summed E-state index contributed by atoms with van der Waals surface area (Å²) in [6.45, 7) is 3.37. The molecule has 0 saturated heterocycles. The monoisotopic (exact) mass is 373 g/mol. The maximum atomic E-state index is 11.6. The summed E-state index contributed by atoms with van der Waals surface area (Å²) < 4.78 is 20.7. The molecule has 1 atom stereocenters. The van der Waals surface area contributed by atoms with Crippen LogP contribution in [0.2, 0.25) is 0 Å². The van der Waals surface area contributed by atoms with Crippen LogP contribution in [-0.2, 0) is 6.61 Å². The maximum Gasteiger partial charge on any atom is 0.415 e. The van der Waals surface area contributed by atoms with Crippen LogP contribution in [0.3, 0.4) is 0 Å². The van der Waals surface area contributed by atoms with Crippen molar-refractivity contribution in [3.8, 4) is 23.1 Å². The molecule has 142 valence electrons. The van der Waals surface area contributed by atoms with Gasteiger partial charge in [0.2, 0.25) is 0 Å². The molecular weight excluding hydrogens is 354 g/mol. The molecule has 2 aromatic heterocycles. The Morgan fingerprint density at radius 2 is 2.04 bits per heavy atom. The summed E-state index contributed by atoms with van der Waals surface area (Å²) in [5.41, 5.74) is 2.37. The highest BCUT2D eigenvalue weighted by molar-refractivity contribution is 5.70. The van der Waals surface area contributed by atoms with E-state index in [0.717, 1.165) is 11.1 Å². The molecule has 0 aliphatic carbocycles. The summed E-state index contributed by atoms with van der Waals surface area (Å²) in [6.07, 6.45) is -0.763. The standard InChI is InChI=1S/C18H19N3O6/c1-11(9-22)19-18(23)25-16-8-15(20-27-16)24-10-14-12(2)26-21-17(14)13-6-4-3-5-7-13/h3-8,11,22H,9-10H2,1-2H3,(H,19,23)/t11-/m1/s1. The van der Waals surface area contributed by atoms with Crippen LogP contribution >= 0.6 is 0 Å². The Kier molecular flexibility index (Phi) is 5.72. The van der Waals surface area contributed by atoms with E-state index in [-0.39, 0.29) is 25.0 Å². The highest BCUT2D eigenvalue weighted by Crippen LogP contribution is 2.27. The van der Waals surface area contributed by atoms with E-state index in [1.165, 1.54) is 6.07 Å². The summed E-state index contributed by atoms with van der Waals surface area (Å²) in [6, 6.07) is 10.5. The highest BCUT2D eigenvalue weighted by atomic mass is 16.7. The summed E-state index contributed by atoms with van der Waals surface area (Å²) in [7, 11) is 0.